The number of halogens is 1. The van der Waals surface area contributed by atoms with Crippen molar-refractivity contribution in [1.82, 2.24) is 19.9 Å². The molecule has 0 saturated heterocycles. The Morgan fingerprint density at radius 1 is 1.41 bits per heavy atom. The number of nitrogens with zero attached hydrogens (tertiary/aromatic N) is 2. The summed E-state index contributed by atoms with van der Waals surface area (Å²) in [7, 11) is 0. The molecule has 0 atom stereocenters. The van der Waals surface area contributed by atoms with Crippen LogP contribution in [-0.2, 0) is 6.54 Å². The van der Waals surface area contributed by atoms with Gasteiger partial charge in [-0.2, -0.15) is 0 Å². The third-order valence-corrected chi connectivity index (χ3v) is 4.10. The average molecular weight is 315 g/mol. The van der Waals surface area contributed by atoms with Gasteiger partial charge in [0.05, 0.1) is 17.6 Å². The van der Waals surface area contributed by atoms with Crippen LogP contribution in [0.25, 0.3) is 11.0 Å². The van der Waals surface area contributed by atoms with Crippen molar-refractivity contribution in [3.8, 4) is 0 Å². The van der Waals surface area contributed by atoms with Crippen LogP contribution in [0.2, 0.25) is 5.02 Å². The highest BCUT2D eigenvalue weighted by Gasteiger charge is 2.26. The first kappa shape index (κ1) is 13.4. The maximum atomic E-state index is 12.3. The monoisotopic (exact) mass is 314 g/mol. The number of nitrogens with one attached hydrogen (secondary N) is 2. The van der Waals surface area contributed by atoms with Gasteiger partial charge in [0.2, 0.25) is 0 Å². The number of imidazole rings is 1. The molecule has 0 unspecified atom stereocenters. The standard InChI is InChI=1S/C16H15ClN4O/c17-10-3-6-12-13(8-10)20-15(19-12)9-18-16(22)14-2-1-7-21(14)11-4-5-11/h1-3,6-8,11H,4-5,9H2,(H,18,22)(H,19,20). The third-order valence-electron chi connectivity index (χ3n) is 3.86. The number of carbonyl (C=O) groups is 1. The lowest BCUT2D eigenvalue weighted by Gasteiger charge is -2.07. The van der Waals surface area contributed by atoms with Crippen LogP contribution in [0, 0.1) is 0 Å². The van der Waals surface area contributed by atoms with E-state index in [0.29, 0.717) is 23.3 Å². The van der Waals surface area contributed by atoms with Crippen molar-refractivity contribution in [1.29, 1.82) is 0 Å². The number of hydrogen-bond donors (Lipinski definition) is 2. The van der Waals surface area contributed by atoms with Crippen molar-refractivity contribution in [2.45, 2.75) is 25.4 Å². The number of aromatic amines is 1. The Morgan fingerprint density at radius 2 is 2.27 bits per heavy atom. The summed E-state index contributed by atoms with van der Waals surface area (Å²) in [5, 5.41) is 3.57. The minimum absolute atomic E-state index is 0.0737. The summed E-state index contributed by atoms with van der Waals surface area (Å²) in [6.07, 6.45) is 4.27. The molecule has 4 rings (SSSR count). The van der Waals surface area contributed by atoms with E-state index in [0.717, 1.165) is 29.7 Å². The van der Waals surface area contributed by atoms with E-state index in [1.807, 2.05) is 35.0 Å². The largest absolute Gasteiger partial charge is 0.344 e. The Kier molecular flexibility index (Phi) is 3.15. The van der Waals surface area contributed by atoms with Crippen molar-refractivity contribution >= 4 is 28.5 Å². The second-order valence-electron chi connectivity index (χ2n) is 5.56. The highest BCUT2D eigenvalue weighted by atomic mass is 35.5. The molecule has 2 heterocycles. The second-order valence-corrected chi connectivity index (χ2v) is 6.00. The number of H-pyrrole nitrogens is 1. The van der Waals surface area contributed by atoms with Crippen molar-refractivity contribution in [2.75, 3.05) is 0 Å². The summed E-state index contributed by atoms with van der Waals surface area (Å²) < 4.78 is 2.05. The van der Waals surface area contributed by atoms with Gasteiger partial charge >= 0.3 is 0 Å². The molecule has 1 fully saturated rings. The molecule has 0 spiro atoms. The second kappa shape index (κ2) is 5.18. The van der Waals surface area contributed by atoms with Crippen molar-refractivity contribution < 1.29 is 4.79 Å². The van der Waals surface area contributed by atoms with Gasteiger partial charge in [-0.05, 0) is 43.2 Å². The number of fused-ring (bicyclic) bond motifs is 1. The molecule has 3 aromatic rings. The molecule has 2 N–H and O–H groups in total. The summed E-state index contributed by atoms with van der Waals surface area (Å²) in [4.78, 5) is 19.9. The molecule has 0 bridgehead atoms. The van der Waals surface area contributed by atoms with E-state index >= 15 is 0 Å². The van der Waals surface area contributed by atoms with E-state index in [-0.39, 0.29) is 5.91 Å². The molecule has 6 heteroatoms. The molecule has 112 valence electrons. The molecule has 1 aliphatic rings. The van der Waals surface area contributed by atoms with Crippen molar-refractivity contribution in [2.24, 2.45) is 0 Å². The van der Waals surface area contributed by atoms with Crippen LogP contribution in [0.15, 0.2) is 36.5 Å². The van der Waals surface area contributed by atoms with Crippen LogP contribution in [-0.4, -0.2) is 20.4 Å². The zero-order chi connectivity index (χ0) is 15.1. The smallest absolute Gasteiger partial charge is 0.268 e. The quantitative estimate of drug-likeness (QED) is 0.776. The first-order chi connectivity index (χ1) is 10.7. The first-order valence-electron chi connectivity index (χ1n) is 7.30. The highest BCUT2D eigenvalue weighted by molar-refractivity contribution is 6.31. The fraction of sp³-hybridized carbons (Fsp3) is 0.250. The van der Waals surface area contributed by atoms with Gasteiger partial charge in [0.15, 0.2) is 0 Å². The molecule has 1 saturated carbocycles. The summed E-state index contributed by atoms with van der Waals surface area (Å²) >= 11 is 5.96. The van der Waals surface area contributed by atoms with Gasteiger partial charge in [0.1, 0.15) is 11.5 Å². The summed E-state index contributed by atoms with van der Waals surface area (Å²) in [5.74, 6) is 0.644. The highest BCUT2D eigenvalue weighted by Crippen LogP contribution is 2.35. The average Bonchev–Trinajstić information content (AvgIpc) is 3.09. The molecule has 5 nitrogen and oxygen atoms in total. The number of benzene rings is 1. The molecule has 1 amide bonds. The summed E-state index contributed by atoms with van der Waals surface area (Å²) in [5.41, 5.74) is 2.43. The van der Waals surface area contributed by atoms with Gasteiger partial charge in [-0.15, -0.1) is 0 Å². The van der Waals surface area contributed by atoms with Gasteiger partial charge < -0.3 is 14.9 Å². The lowest BCUT2D eigenvalue weighted by Crippen LogP contribution is -2.25. The van der Waals surface area contributed by atoms with E-state index in [9.17, 15) is 4.79 Å². The van der Waals surface area contributed by atoms with E-state index in [2.05, 4.69) is 15.3 Å². The first-order valence-corrected chi connectivity index (χ1v) is 7.68. The number of rotatable bonds is 4. The van der Waals surface area contributed by atoms with Crippen LogP contribution in [0.1, 0.15) is 35.2 Å². The molecule has 2 aromatic heterocycles. The number of amides is 1. The Labute approximate surface area is 132 Å². The van der Waals surface area contributed by atoms with E-state index < -0.39 is 0 Å². The predicted octanol–water partition coefficient (Wildman–Crippen LogP) is 3.28. The van der Waals surface area contributed by atoms with Crippen LogP contribution < -0.4 is 5.32 Å². The summed E-state index contributed by atoms with van der Waals surface area (Å²) in [6, 6.07) is 9.74. The summed E-state index contributed by atoms with van der Waals surface area (Å²) in [6.45, 7) is 0.362. The van der Waals surface area contributed by atoms with Gasteiger partial charge in [-0.1, -0.05) is 11.6 Å². The SMILES string of the molecule is O=C(NCc1nc2ccc(Cl)cc2[nH]1)c1cccn1C1CC1. The van der Waals surface area contributed by atoms with Gasteiger partial charge in [-0.3, -0.25) is 4.79 Å². The Hall–Kier alpha value is -2.27. The zero-order valence-corrected chi connectivity index (χ0v) is 12.6. The fourth-order valence-corrected chi connectivity index (χ4v) is 2.80. The van der Waals surface area contributed by atoms with Crippen LogP contribution >= 0.6 is 11.6 Å². The topological polar surface area (TPSA) is 62.7 Å². The molecule has 0 aliphatic heterocycles. The van der Waals surface area contributed by atoms with E-state index in [1.54, 1.807) is 6.07 Å². The van der Waals surface area contributed by atoms with Crippen LogP contribution in [0.3, 0.4) is 0 Å². The molecule has 1 aromatic carbocycles. The minimum Gasteiger partial charge on any atom is -0.344 e. The molecular weight excluding hydrogens is 300 g/mol. The van der Waals surface area contributed by atoms with E-state index in [4.69, 9.17) is 11.6 Å². The normalized spacial score (nSPS) is 14.4. The fourth-order valence-electron chi connectivity index (χ4n) is 2.63. The lowest BCUT2D eigenvalue weighted by molar-refractivity contribution is 0.0940. The van der Waals surface area contributed by atoms with Crippen molar-refractivity contribution in [3.63, 3.8) is 0 Å². The predicted molar refractivity (Wildman–Crippen MR) is 85.0 cm³/mol. The Morgan fingerprint density at radius 3 is 3.09 bits per heavy atom. The Bertz CT molecular complexity index is 847. The van der Waals surface area contributed by atoms with Gasteiger partial charge in [0, 0.05) is 17.3 Å². The number of hydrogen-bond acceptors (Lipinski definition) is 2. The van der Waals surface area contributed by atoms with Crippen LogP contribution in [0.5, 0.6) is 0 Å². The molecule has 22 heavy (non-hydrogen) atoms. The zero-order valence-electron chi connectivity index (χ0n) is 11.8. The Balaban J connectivity index is 1.48. The molecule has 0 radical (unpaired) electrons. The maximum Gasteiger partial charge on any atom is 0.268 e. The van der Waals surface area contributed by atoms with E-state index in [1.165, 1.54) is 0 Å². The molecule has 1 aliphatic carbocycles. The molecular formula is C16H15ClN4O. The minimum atomic E-state index is -0.0737. The number of carbonyl (C=O) groups excluding carboxylic acids is 1. The van der Waals surface area contributed by atoms with Gasteiger partial charge in [0.25, 0.3) is 5.91 Å². The maximum absolute atomic E-state index is 12.3. The van der Waals surface area contributed by atoms with Crippen molar-refractivity contribution in [3.05, 3.63) is 53.1 Å². The van der Waals surface area contributed by atoms with Gasteiger partial charge in [-0.25, -0.2) is 4.98 Å². The number of aromatic nitrogens is 3. The lowest BCUT2D eigenvalue weighted by atomic mass is 10.3. The third kappa shape index (κ3) is 2.48. The van der Waals surface area contributed by atoms with Crippen LogP contribution in [0.4, 0.5) is 0 Å².